The Morgan fingerprint density at radius 2 is 1.97 bits per heavy atom. The summed E-state index contributed by atoms with van der Waals surface area (Å²) in [7, 11) is 2.00. The minimum Gasteiger partial charge on any atom is -0.383 e. The molecule has 37 heavy (non-hydrogen) atoms. The zero-order valence-corrected chi connectivity index (χ0v) is 21.3. The Morgan fingerprint density at radius 3 is 2.68 bits per heavy atom. The van der Waals surface area contributed by atoms with E-state index in [0.29, 0.717) is 27.8 Å². The first-order chi connectivity index (χ1) is 17.9. The second-order valence-corrected chi connectivity index (χ2v) is 10.7. The molecule has 0 spiro atoms. The molecule has 2 aromatic carbocycles. The fourth-order valence-corrected chi connectivity index (χ4v) is 5.06. The molecule has 10 heteroatoms. The van der Waals surface area contributed by atoms with Crippen molar-refractivity contribution >= 4 is 41.7 Å². The number of fused-ring (bicyclic) bond motifs is 1. The van der Waals surface area contributed by atoms with E-state index in [1.165, 1.54) is 25.0 Å². The van der Waals surface area contributed by atoms with Gasteiger partial charge in [0.1, 0.15) is 25.4 Å². The van der Waals surface area contributed by atoms with Gasteiger partial charge in [0.2, 0.25) is 0 Å². The van der Waals surface area contributed by atoms with E-state index in [2.05, 4.69) is 32.0 Å². The van der Waals surface area contributed by atoms with Crippen LogP contribution in [0.4, 0.5) is 15.8 Å². The summed E-state index contributed by atoms with van der Waals surface area (Å²) in [6, 6.07) is 12.8. The molecule has 2 aliphatic rings. The van der Waals surface area contributed by atoms with Gasteiger partial charge in [-0.3, -0.25) is 4.98 Å². The van der Waals surface area contributed by atoms with E-state index >= 15 is 0 Å². The predicted octanol–water partition coefficient (Wildman–Crippen LogP) is 4.98. The summed E-state index contributed by atoms with van der Waals surface area (Å²) in [6.45, 7) is 0.783. The summed E-state index contributed by atoms with van der Waals surface area (Å²) in [4.78, 5) is 4.47. The maximum absolute atomic E-state index is 13.8. The van der Waals surface area contributed by atoms with Gasteiger partial charge >= 0.3 is 0 Å². The van der Waals surface area contributed by atoms with E-state index < -0.39 is 5.44 Å². The molecule has 1 unspecified atom stereocenters. The van der Waals surface area contributed by atoms with Crippen LogP contribution in [0.5, 0.6) is 0 Å². The fraction of sp³-hybridized carbons (Fsp3) is 0.333. The van der Waals surface area contributed by atoms with Crippen LogP contribution in [-0.4, -0.2) is 34.4 Å². The van der Waals surface area contributed by atoms with E-state index in [1.807, 2.05) is 30.9 Å². The Balaban J connectivity index is 1.42. The highest BCUT2D eigenvalue weighted by atomic mass is 35.5. The van der Waals surface area contributed by atoms with Crippen LogP contribution >= 0.6 is 11.6 Å². The number of hydrogen-bond acceptors (Lipinski definition) is 6. The molecule has 2 N–H and O–H groups in total. The molecule has 2 fully saturated rings. The van der Waals surface area contributed by atoms with Crippen molar-refractivity contribution in [1.29, 1.82) is 5.26 Å². The van der Waals surface area contributed by atoms with Crippen molar-refractivity contribution in [2.75, 3.05) is 17.2 Å². The third-order valence-corrected chi connectivity index (χ3v) is 7.64. The number of rotatable bonds is 9. The van der Waals surface area contributed by atoms with E-state index in [1.54, 1.807) is 18.3 Å². The quantitative estimate of drug-likeness (QED) is 0.307. The van der Waals surface area contributed by atoms with Gasteiger partial charge in [-0.1, -0.05) is 41.8 Å². The highest BCUT2D eigenvalue weighted by Gasteiger charge is 2.34. The third kappa shape index (κ3) is 4.74. The second kappa shape index (κ2) is 9.35. The molecule has 2 aromatic heterocycles. The van der Waals surface area contributed by atoms with E-state index in [-0.39, 0.29) is 5.82 Å². The lowest BCUT2D eigenvalue weighted by Gasteiger charge is -2.31. The molecule has 0 amide bonds. The minimum absolute atomic E-state index is 0.307. The number of nitrogens with one attached hydrogen (secondary N) is 2. The summed E-state index contributed by atoms with van der Waals surface area (Å²) in [6.07, 6.45) is 9.33. The molecular weight excluding hydrogens is 488 g/mol. The lowest BCUT2D eigenvalue weighted by Crippen LogP contribution is -2.37. The molecule has 2 aliphatic carbocycles. The lowest BCUT2D eigenvalue weighted by atomic mass is 9.69. The van der Waals surface area contributed by atoms with Gasteiger partial charge < -0.3 is 10.6 Å². The molecular formula is C27H26BClFN7. The molecule has 4 aromatic rings. The molecule has 1 atom stereocenters. The number of nitriles is 1. The van der Waals surface area contributed by atoms with Crippen LogP contribution in [0.15, 0.2) is 48.8 Å². The molecule has 2 saturated carbocycles. The number of anilines is 2. The molecule has 0 aliphatic heterocycles. The number of aromatic nitrogens is 4. The van der Waals surface area contributed by atoms with Crippen molar-refractivity contribution in [3.05, 3.63) is 76.5 Å². The third-order valence-electron chi connectivity index (χ3n) is 7.36. The smallest absolute Gasteiger partial charge is 0.148 e. The molecule has 0 saturated heterocycles. The first kappa shape index (κ1) is 23.7. The monoisotopic (exact) mass is 513 g/mol. The highest BCUT2D eigenvalue weighted by molar-refractivity contribution is 6.36. The number of nitrogens with zero attached hydrogens (tertiary/aromatic N) is 5. The molecule has 0 radical (unpaired) electrons. The van der Waals surface area contributed by atoms with Crippen LogP contribution in [0, 0.1) is 23.1 Å². The van der Waals surface area contributed by atoms with Crippen molar-refractivity contribution in [3.63, 3.8) is 0 Å². The second-order valence-electron chi connectivity index (χ2n) is 10.2. The Bertz CT molecular complexity index is 1510. The van der Waals surface area contributed by atoms with Crippen molar-refractivity contribution in [2.45, 2.75) is 43.6 Å². The summed E-state index contributed by atoms with van der Waals surface area (Å²) in [5, 5.41) is 26.9. The van der Waals surface area contributed by atoms with Crippen LogP contribution in [0.3, 0.4) is 0 Å². The lowest BCUT2D eigenvalue weighted by molar-refractivity contribution is 0.610. The fourth-order valence-electron chi connectivity index (χ4n) is 4.79. The van der Waals surface area contributed by atoms with Crippen LogP contribution < -0.4 is 10.6 Å². The zero-order valence-electron chi connectivity index (χ0n) is 20.5. The van der Waals surface area contributed by atoms with Gasteiger partial charge in [-0.15, -0.1) is 5.10 Å². The van der Waals surface area contributed by atoms with Gasteiger partial charge in [0.25, 0.3) is 0 Å². The Hall–Kier alpha value is -3.64. The number of pyridine rings is 1. The topological polar surface area (TPSA) is 91.5 Å². The van der Waals surface area contributed by atoms with Gasteiger partial charge in [0, 0.05) is 23.8 Å². The van der Waals surface area contributed by atoms with E-state index in [0.717, 1.165) is 54.0 Å². The van der Waals surface area contributed by atoms with Crippen LogP contribution in [-0.2, 0) is 5.44 Å². The molecule has 2 heterocycles. The first-order valence-electron chi connectivity index (χ1n) is 12.7. The van der Waals surface area contributed by atoms with Gasteiger partial charge in [-0.25, -0.2) is 9.07 Å². The van der Waals surface area contributed by atoms with E-state index in [4.69, 9.17) is 11.6 Å². The summed E-state index contributed by atoms with van der Waals surface area (Å²) in [5.41, 5.74) is 3.30. The first-order valence-corrected chi connectivity index (χ1v) is 13.0. The van der Waals surface area contributed by atoms with E-state index in [9.17, 15) is 9.65 Å². The molecule has 6 rings (SSSR count). The standard InChI is InChI=1S/C27H26BClFN7/c28-27(18-3-5-19(30)6-4-18,24-15-37(36-35-24)21-7-8-21)34-20-11-22-25(32-10-9-16-1-2-16)17(13-31)14-33-26(22)23(29)12-20/h3-6,11-12,14-16,21,34H,1-2,7-10,28H2,(H,32,33). The van der Waals surface area contributed by atoms with Gasteiger partial charge in [-0.05, 0) is 55.0 Å². The predicted molar refractivity (Wildman–Crippen MR) is 145 cm³/mol. The summed E-state index contributed by atoms with van der Waals surface area (Å²) >= 11 is 6.72. The number of hydrogen-bond donors (Lipinski definition) is 2. The Labute approximate surface area is 220 Å². The van der Waals surface area contributed by atoms with Gasteiger partial charge in [-0.2, -0.15) is 5.26 Å². The Morgan fingerprint density at radius 1 is 1.19 bits per heavy atom. The van der Waals surface area contributed by atoms with Crippen LogP contribution in [0.1, 0.15) is 55.0 Å². The maximum Gasteiger partial charge on any atom is 0.148 e. The molecule has 186 valence electrons. The van der Waals surface area contributed by atoms with Crippen molar-refractivity contribution in [2.24, 2.45) is 5.92 Å². The largest absolute Gasteiger partial charge is 0.383 e. The SMILES string of the molecule is BC(Nc1cc(Cl)c2ncc(C#N)c(NCCC3CC3)c2c1)(c1ccc(F)cc1)c1cn(C2CC2)nn1. The van der Waals surface area contributed by atoms with Crippen molar-refractivity contribution < 1.29 is 4.39 Å². The summed E-state index contributed by atoms with van der Waals surface area (Å²) < 4.78 is 15.7. The average Bonchev–Trinajstić information content (AvgIpc) is 3.84. The molecule has 0 bridgehead atoms. The van der Waals surface area contributed by atoms with Gasteiger partial charge in [0.15, 0.2) is 0 Å². The molecule has 7 nitrogen and oxygen atoms in total. The number of halogens is 2. The van der Waals surface area contributed by atoms with Crippen LogP contribution in [0.25, 0.3) is 10.9 Å². The maximum atomic E-state index is 13.8. The normalized spacial score (nSPS) is 16.8. The summed E-state index contributed by atoms with van der Waals surface area (Å²) in [5.74, 6) is 0.464. The average molecular weight is 514 g/mol. The van der Waals surface area contributed by atoms with Crippen LogP contribution in [0.2, 0.25) is 5.02 Å². The highest BCUT2D eigenvalue weighted by Crippen LogP contribution is 2.39. The Kier molecular flexibility index (Phi) is 6.00. The van der Waals surface area contributed by atoms with Crippen molar-refractivity contribution in [3.8, 4) is 6.07 Å². The number of benzene rings is 2. The minimum atomic E-state index is -0.822. The van der Waals surface area contributed by atoms with Gasteiger partial charge in [0.05, 0.1) is 39.5 Å². The van der Waals surface area contributed by atoms with Crippen molar-refractivity contribution in [1.82, 2.24) is 20.0 Å². The zero-order chi connectivity index (χ0) is 25.6.